The molecule has 0 amide bonds. The molecule has 28 heavy (non-hydrogen) atoms. The van der Waals surface area contributed by atoms with Gasteiger partial charge in [0.1, 0.15) is 5.82 Å². The molecule has 2 heterocycles. The van der Waals surface area contributed by atoms with Crippen LogP contribution in [0.4, 0.5) is 18.9 Å². The minimum Gasteiger partial charge on any atom is -0.341 e. The van der Waals surface area contributed by atoms with Crippen LogP contribution in [0.5, 0.6) is 0 Å². The van der Waals surface area contributed by atoms with Crippen molar-refractivity contribution in [2.75, 3.05) is 0 Å². The molecule has 0 bridgehead atoms. The Morgan fingerprint density at radius 3 is 2.46 bits per heavy atom. The van der Waals surface area contributed by atoms with E-state index in [1.54, 1.807) is 24.3 Å². The molecular formula is C20H19F3N4S. The van der Waals surface area contributed by atoms with E-state index in [0.717, 1.165) is 16.6 Å². The molecule has 0 aliphatic carbocycles. The van der Waals surface area contributed by atoms with Gasteiger partial charge < -0.3 is 4.98 Å². The Kier molecular flexibility index (Phi) is 6.18. The van der Waals surface area contributed by atoms with E-state index in [4.69, 9.17) is 0 Å². The van der Waals surface area contributed by atoms with Crippen molar-refractivity contribution < 1.29 is 13.2 Å². The Morgan fingerprint density at radius 2 is 1.71 bits per heavy atom. The van der Waals surface area contributed by atoms with E-state index in [1.807, 2.05) is 38.1 Å². The van der Waals surface area contributed by atoms with Crippen LogP contribution >= 0.6 is 11.8 Å². The summed E-state index contributed by atoms with van der Waals surface area (Å²) in [4.78, 5) is 15.1. The Hall–Kier alpha value is -2.61. The van der Waals surface area contributed by atoms with E-state index >= 15 is 0 Å². The second-order valence-corrected chi connectivity index (χ2v) is 6.78. The van der Waals surface area contributed by atoms with Gasteiger partial charge in [-0.2, -0.15) is 13.2 Å². The quantitative estimate of drug-likeness (QED) is 0.564. The number of amidine groups is 1. The van der Waals surface area contributed by atoms with Gasteiger partial charge in [0, 0.05) is 6.42 Å². The van der Waals surface area contributed by atoms with Gasteiger partial charge in [-0.3, -0.25) is 0 Å². The zero-order valence-corrected chi connectivity index (χ0v) is 16.2. The lowest BCUT2D eigenvalue weighted by atomic mass is 10.1. The largest absolute Gasteiger partial charge is 0.451 e. The number of alkyl halides is 3. The van der Waals surface area contributed by atoms with Crippen molar-refractivity contribution in [1.82, 2.24) is 9.97 Å². The van der Waals surface area contributed by atoms with Gasteiger partial charge in [0.25, 0.3) is 0 Å². The van der Waals surface area contributed by atoms with Gasteiger partial charge in [-0.05, 0) is 23.8 Å². The lowest BCUT2D eigenvalue weighted by Crippen LogP contribution is -2.21. The summed E-state index contributed by atoms with van der Waals surface area (Å²) in [6.07, 6.45) is -4.28. The van der Waals surface area contributed by atoms with Crippen molar-refractivity contribution in [2.45, 2.75) is 32.2 Å². The third-order valence-corrected chi connectivity index (χ3v) is 4.84. The van der Waals surface area contributed by atoms with Gasteiger partial charge in [0.15, 0.2) is 0 Å². The zero-order valence-electron chi connectivity index (χ0n) is 15.4. The molecule has 4 nitrogen and oxygen atoms in total. The van der Waals surface area contributed by atoms with Crippen LogP contribution in [-0.4, -0.2) is 27.0 Å². The zero-order chi connectivity index (χ0) is 20.1. The van der Waals surface area contributed by atoms with Crippen LogP contribution in [0.25, 0.3) is 11.0 Å². The van der Waals surface area contributed by atoms with Gasteiger partial charge in [-0.25, -0.2) is 15.0 Å². The number of nitrogens with one attached hydrogen (secondary N) is 1. The van der Waals surface area contributed by atoms with Crippen molar-refractivity contribution in [3.05, 3.63) is 59.9 Å². The van der Waals surface area contributed by atoms with Crippen LogP contribution in [0.1, 0.15) is 25.2 Å². The predicted octanol–water partition coefficient (Wildman–Crippen LogP) is 6.07. The molecule has 1 N–H and O–H groups in total. The normalized spacial score (nSPS) is 13.8. The van der Waals surface area contributed by atoms with Crippen molar-refractivity contribution in [1.29, 1.82) is 0 Å². The van der Waals surface area contributed by atoms with Crippen LogP contribution in [0, 0.1) is 0 Å². The first-order chi connectivity index (χ1) is 13.5. The molecule has 0 saturated heterocycles. The summed E-state index contributed by atoms with van der Waals surface area (Å²) in [6, 6.07) is 14.4. The predicted molar refractivity (Wildman–Crippen MR) is 109 cm³/mol. The number of hydrogen-bond donors (Lipinski definition) is 1. The highest BCUT2D eigenvalue weighted by molar-refractivity contribution is 8.13. The minimum atomic E-state index is -4.59. The molecule has 4 rings (SSSR count). The molecule has 146 valence electrons. The number of imidazole rings is 1. The Bertz CT molecular complexity index is 988. The van der Waals surface area contributed by atoms with E-state index in [-0.39, 0.29) is 0 Å². The van der Waals surface area contributed by atoms with Crippen LogP contribution in [0.2, 0.25) is 0 Å². The number of benzene rings is 2. The maximum atomic E-state index is 13.2. The first kappa shape index (κ1) is 20.1. The van der Waals surface area contributed by atoms with E-state index in [2.05, 4.69) is 20.0 Å². The molecule has 0 saturated carbocycles. The standard InChI is InChI=1S/C18H13F3N4S.C2H6/c19-18(20,21)17-24-12-6-2-1-5-11(12)9-16(25-17)26-10-15-22-13-7-3-4-8-14(13)23-15;1-2/h1-8H,9-10H2,(H,22,23);1-2H3. The first-order valence-corrected chi connectivity index (χ1v) is 9.85. The van der Waals surface area contributed by atoms with Gasteiger partial charge in [0.05, 0.1) is 27.5 Å². The molecule has 2 aromatic carbocycles. The van der Waals surface area contributed by atoms with Crippen LogP contribution in [-0.2, 0) is 12.2 Å². The number of fused-ring (bicyclic) bond motifs is 2. The summed E-state index contributed by atoms with van der Waals surface area (Å²) in [5, 5.41) is 0.367. The van der Waals surface area contributed by atoms with Crippen molar-refractivity contribution in [3.8, 4) is 0 Å². The van der Waals surface area contributed by atoms with Gasteiger partial charge >= 0.3 is 6.18 Å². The van der Waals surface area contributed by atoms with Gasteiger partial charge in [-0.1, -0.05) is 44.2 Å². The number of hydrogen-bond acceptors (Lipinski definition) is 4. The average molecular weight is 404 g/mol. The maximum absolute atomic E-state index is 13.2. The molecule has 0 atom stereocenters. The van der Waals surface area contributed by atoms with Crippen molar-refractivity contribution in [3.63, 3.8) is 0 Å². The SMILES string of the molecule is CC.FC(F)(F)C1=Nc2ccccc2CC(SCc2nc3ccccc3[nH]2)=N1. The van der Waals surface area contributed by atoms with Crippen molar-refractivity contribution in [2.24, 2.45) is 9.98 Å². The first-order valence-electron chi connectivity index (χ1n) is 8.87. The number of aromatic nitrogens is 2. The molecule has 1 aromatic heterocycles. The number of nitrogens with zero attached hydrogens (tertiary/aromatic N) is 3. The average Bonchev–Trinajstić information content (AvgIpc) is 3.00. The summed E-state index contributed by atoms with van der Waals surface area (Å²) in [7, 11) is 0. The van der Waals surface area contributed by atoms with E-state index in [0.29, 0.717) is 28.7 Å². The van der Waals surface area contributed by atoms with E-state index < -0.39 is 12.0 Å². The molecule has 0 unspecified atom stereocenters. The topological polar surface area (TPSA) is 53.4 Å². The summed E-state index contributed by atoms with van der Waals surface area (Å²) in [5.41, 5.74) is 2.76. The monoisotopic (exact) mass is 404 g/mol. The lowest BCUT2D eigenvalue weighted by molar-refractivity contribution is -0.0596. The Balaban J connectivity index is 0.00000109. The van der Waals surface area contributed by atoms with Gasteiger partial charge in [-0.15, -0.1) is 11.8 Å². The maximum Gasteiger partial charge on any atom is 0.451 e. The number of halogens is 3. The minimum absolute atomic E-state index is 0.308. The molecular weight excluding hydrogens is 385 g/mol. The van der Waals surface area contributed by atoms with Crippen molar-refractivity contribution >= 4 is 39.4 Å². The molecule has 0 spiro atoms. The number of aromatic amines is 1. The molecule has 0 radical (unpaired) electrons. The number of H-pyrrole nitrogens is 1. The molecule has 0 fully saturated rings. The third kappa shape index (κ3) is 4.62. The smallest absolute Gasteiger partial charge is 0.341 e. The van der Waals surface area contributed by atoms with Crippen LogP contribution in [0.3, 0.4) is 0 Å². The van der Waals surface area contributed by atoms with Gasteiger partial charge in [0.2, 0.25) is 5.84 Å². The molecule has 8 heteroatoms. The highest BCUT2D eigenvalue weighted by atomic mass is 32.2. The van der Waals surface area contributed by atoms with E-state index in [9.17, 15) is 13.2 Å². The second-order valence-electron chi connectivity index (χ2n) is 5.73. The van der Waals surface area contributed by atoms with Crippen LogP contribution in [0.15, 0.2) is 58.5 Å². The number of thioether (sulfide) groups is 1. The number of para-hydroxylation sites is 3. The lowest BCUT2D eigenvalue weighted by Gasteiger charge is -2.06. The Labute approximate surface area is 165 Å². The van der Waals surface area contributed by atoms with Crippen LogP contribution < -0.4 is 0 Å². The third-order valence-electron chi connectivity index (χ3n) is 3.86. The molecule has 1 aliphatic heterocycles. The highest BCUT2D eigenvalue weighted by Crippen LogP contribution is 2.30. The fraction of sp³-hybridized carbons (Fsp3) is 0.250. The summed E-state index contributed by atoms with van der Waals surface area (Å²) in [6.45, 7) is 4.00. The Morgan fingerprint density at radius 1 is 1.00 bits per heavy atom. The molecule has 1 aliphatic rings. The summed E-state index contributed by atoms with van der Waals surface area (Å²) < 4.78 is 39.7. The number of aliphatic imine (C=N–C) groups is 2. The summed E-state index contributed by atoms with van der Waals surface area (Å²) in [5.74, 6) is -0.0163. The summed E-state index contributed by atoms with van der Waals surface area (Å²) >= 11 is 1.24. The number of rotatable bonds is 2. The molecule has 3 aromatic rings. The van der Waals surface area contributed by atoms with E-state index in [1.165, 1.54) is 11.8 Å². The highest BCUT2D eigenvalue weighted by Gasteiger charge is 2.37. The second kappa shape index (κ2) is 8.60. The fourth-order valence-electron chi connectivity index (χ4n) is 2.66. The fourth-order valence-corrected chi connectivity index (χ4v) is 3.51.